The van der Waals surface area contributed by atoms with Gasteiger partial charge in [-0.3, -0.25) is 0 Å². The van der Waals surface area contributed by atoms with Crippen LogP contribution in [0.5, 0.6) is 0 Å². The van der Waals surface area contributed by atoms with Gasteiger partial charge in [0, 0.05) is 0 Å². The van der Waals surface area contributed by atoms with Gasteiger partial charge in [0.1, 0.15) is 0 Å². The minimum absolute atomic E-state index is 0. The second kappa shape index (κ2) is 5.02. The molecule has 0 aliphatic heterocycles. The van der Waals surface area contributed by atoms with Crippen molar-refractivity contribution in [2.24, 2.45) is 11.1 Å². The van der Waals surface area contributed by atoms with E-state index < -0.39 is 0 Å². The summed E-state index contributed by atoms with van der Waals surface area (Å²) in [5.41, 5.74) is 3.44. The third-order valence-electron chi connectivity index (χ3n) is 2.50. The minimum atomic E-state index is 0. The molecule has 3 nitrogen and oxygen atoms in total. The Morgan fingerprint density at radius 2 is 2.08 bits per heavy atom. The van der Waals surface area contributed by atoms with Gasteiger partial charge in [-0.25, -0.2) is 0 Å². The van der Waals surface area contributed by atoms with Crippen molar-refractivity contribution >= 4 is 5.71 Å². The maximum atomic E-state index is 8.78. The van der Waals surface area contributed by atoms with Gasteiger partial charge in [-0.15, -0.1) is 0 Å². The Morgan fingerprint density at radius 3 is 2.54 bits per heavy atom. The largest absolute Gasteiger partial charge is 0.412 e. The molecule has 0 amide bonds. The summed E-state index contributed by atoms with van der Waals surface area (Å²) < 4.78 is 0. The van der Waals surface area contributed by atoms with E-state index in [-0.39, 0.29) is 5.48 Å². The van der Waals surface area contributed by atoms with Crippen LogP contribution in [0, 0.1) is 5.92 Å². The Bertz CT molecular complexity index is 227. The van der Waals surface area contributed by atoms with Gasteiger partial charge in [0.2, 0.25) is 0 Å². The molecule has 3 N–H and O–H groups in total. The lowest BCUT2D eigenvalue weighted by molar-refractivity contribution is 0.314. The molecule has 0 saturated heterocycles. The quantitative estimate of drug-likeness (QED) is 0.456. The van der Waals surface area contributed by atoms with E-state index in [0.29, 0.717) is 5.92 Å². The molecule has 1 rings (SSSR count). The number of hydrogen-bond acceptors (Lipinski definition) is 2. The first-order valence-electron chi connectivity index (χ1n) is 4.52. The maximum Gasteiger partial charge on any atom is 0.0829 e. The summed E-state index contributed by atoms with van der Waals surface area (Å²) in [6.45, 7) is 6.36. The SMILES string of the molecule is CC(C)=C1CC[C@@H](C)C/C1=N\O.O. The molecule has 0 aromatic heterocycles. The zero-order valence-electron chi connectivity index (χ0n) is 8.59. The number of allylic oxidation sites excluding steroid dienone is 2. The fourth-order valence-electron chi connectivity index (χ4n) is 1.73. The Balaban J connectivity index is 0.00000144. The second-order valence-corrected chi connectivity index (χ2v) is 3.87. The average Bonchev–Trinajstić information content (AvgIpc) is 2.03. The van der Waals surface area contributed by atoms with Crippen LogP contribution in [0.25, 0.3) is 0 Å². The summed E-state index contributed by atoms with van der Waals surface area (Å²) in [7, 11) is 0. The minimum Gasteiger partial charge on any atom is -0.412 e. The Kier molecular flexibility index (Phi) is 4.70. The first kappa shape index (κ1) is 12.2. The molecule has 0 aromatic carbocycles. The van der Waals surface area contributed by atoms with Gasteiger partial charge in [-0.2, -0.15) is 0 Å². The summed E-state index contributed by atoms with van der Waals surface area (Å²) in [5, 5.41) is 12.1. The summed E-state index contributed by atoms with van der Waals surface area (Å²) in [4.78, 5) is 0. The Hall–Kier alpha value is -0.830. The highest BCUT2D eigenvalue weighted by molar-refractivity contribution is 6.01. The molecule has 0 aromatic rings. The van der Waals surface area contributed by atoms with Gasteiger partial charge >= 0.3 is 0 Å². The van der Waals surface area contributed by atoms with Crippen LogP contribution in [0.4, 0.5) is 0 Å². The molecule has 0 bridgehead atoms. The number of nitrogens with zero attached hydrogens (tertiary/aromatic N) is 1. The zero-order chi connectivity index (χ0) is 9.14. The molecule has 1 fully saturated rings. The molecule has 76 valence electrons. The van der Waals surface area contributed by atoms with Crippen molar-refractivity contribution in [3.63, 3.8) is 0 Å². The van der Waals surface area contributed by atoms with Crippen LogP contribution >= 0.6 is 0 Å². The van der Waals surface area contributed by atoms with E-state index in [2.05, 4.69) is 25.9 Å². The first-order chi connectivity index (χ1) is 5.65. The molecule has 3 heteroatoms. The third-order valence-corrected chi connectivity index (χ3v) is 2.50. The summed E-state index contributed by atoms with van der Waals surface area (Å²) in [5.74, 6) is 0.666. The average molecular weight is 185 g/mol. The first-order valence-corrected chi connectivity index (χ1v) is 4.52. The molecule has 0 radical (unpaired) electrons. The van der Waals surface area contributed by atoms with E-state index in [4.69, 9.17) is 5.21 Å². The molecule has 0 unspecified atom stereocenters. The van der Waals surface area contributed by atoms with Crippen molar-refractivity contribution in [1.29, 1.82) is 0 Å². The number of rotatable bonds is 0. The predicted octanol–water partition coefficient (Wildman–Crippen LogP) is 2.15. The number of oxime groups is 1. The lowest BCUT2D eigenvalue weighted by Gasteiger charge is -2.22. The van der Waals surface area contributed by atoms with Crippen molar-refractivity contribution in [2.45, 2.75) is 40.0 Å². The van der Waals surface area contributed by atoms with E-state index in [9.17, 15) is 0 Å². The summed E-state index contributed by atoms with van der Waals surface area (Å²) >= 11 is 0. The lowest BCUT2D eigenvalue weighted by Crippen LogP contribution is -2.16. The standard InChI is InChI=1S/C10H17NO.H2O/c1-7(2)9-5-4-8(3)6-10(9)11-12;/h8,12H,4-6H2,1-3H3;1H2/b11-10+;/t8-;/m1./s1. The number of hydrogen-bond donors (Lipinski definition) is 1. The fourth-order valence-corrected chi connectivity index (χ4v) is 1.73. The molecule has 1 aliphatic rings. The van der Waals surface area contributed by atoms with Gasteiger partial charge in [-0.1, -0.05) is 17.7 Å². The van der Waals surface area contributed by atoms with Crippen LogP contribution in [0.3, 0.4) is 0 Å². The van der Waals surface area contributed by atoms with E-state index in [1.165, 1.54) is 17.6 Å². The highest BCUT2D eigenvalue weighted by Gasteiger charge is 2.19. The van der Waals surface area contributed by atoms with E-state index >= 15 is 0 Å². The third kappa shape index (κ3) is 2.84. The molecule has 0 spiro atoms. The van der Waals surface area contributed by atoms with Crippen LogP contribution in [-0.4, -0.2) is 16.4 Å². The molecule has 13 heavy (non-hydrogen) atoms. The summed E-state index contributed by atoms with van der Waals surface area (Å²) in [6.07, 6.45) is 3.22. The normalized spacial score (nSPS) is 25.6. The summed E-state index contributed by atoms with van der Waals surface area (Å²) in [6, 6.07) is 0. The zero-order valence-corrected chi connectivity index (χ0v) is 8.59. The van der Waals surface area contributed by atoms with Crippen LogP contribution in [0.15, 0.2) is 16.3 Å². The topological polar surface area (TPSA) is 64.1 Å². The van der Waals surface area contributed by atoms with Crippen molar-refractivity contribution in [3.05, 3.63) is 11.1 Å². The van der Waals surface area contributed by atoms with Gasteiger partial charge < -0.3 is 10.7 Å². The fraction of sp³-hybridized carbons (Fsp3) is 0.700. The highest BCUT2D eigenvalue weighted by Crippen LogP contribution is 2.27. The van der Waals surface area contributed by atoms with Gasteiger partial charge in [0.05, 0.1) is 5.71 Å². The highest BCUT2D eigenvalue weighted by atomic mass is 16.4. The molecule has 1 saturated carbocycles. The van der Waals surface area contributed by atoms with Gasteiger partial charge in [0.25, 0.3) is 0 Å². The van der Waals surface area contributed by atoms with Gasteiger partial charge in [0.15, 0.2) is 0 Å². The Labute approximate surface area is 79.5 Å². The lowest BCUT2D eigenvalue weighted by atomic mass is 9.84. The van der Waals surface area contributed by atoms with Crippen LogP contribution in [-0.2, 0) is 0 Å². The van der Waals surface area contributed by atoms with Crippen LogP contribution < -0.4 is 0 Å². The Morgan fingerprint density at radius 1 is 1.46 bits per heavy atom. The molecule has 0 heterocycles. The monoisotopic (exact) mass is 185 g/mol. The second-order valence-electron chi connectivity index (χ2n) is 3.87. The maximum absolute atomic E-state index is 8.78. The van der Waals surface area contributed by atoms with E-state index in [1.807, 2.05) is 0 Å². The smallest absolute Gasteiger partial charge is 0.0829 e. The predicted molar refractivity (Wildman–Crippen MR) is 54.2 cm³/mol. The van der Waals surface area contributed by atoms with E-state index in [0.717, 1.165) is 18.6 Å². The van der Waals surface area contributed by atoms with Crippen molar-refractivity contribution in [1.82, 2.24) is 0 Å². The van der Waals surface area contributed by atoms with E-state index in [1.54, 1.807) is 0 Å². The van der Waals surface area contributed by atoms with Crippen LogP contribution in [0.2, 0.25) is 0 Å². The molecular formula is C10H19NO2. The molecule has 1 aliphatic carbocycles. The van der Waals surface area contributed by atoms with Crippen molar-refractivity contribution in [2.75, 3.05) is 0 Å². The van der Waals surface area contributed by atoms with Crippen molar-refractivity contribution < 1.29 is 10.7 Å². The van der Waals surface area contributed by atoms with Gasteiger partial charge in [-0.05, 0) is 44.6 Å². The molecular weight excluding hydrogens is 166 g/mol. The van der Waals surface area contributed by atoms with Crippen LogP contribution in [0.1, 0.15) is 40.0 Å². The van der Waals surface area contributed by atoms with Crippen molar-refractivity contribution in [3.8, 4) is 0 Å². The molecule has 1 atom stereocenters.